The first-order chi connectivity index (χ1) is 9.72. The van der Waals surface area contributed by atoms with Gasteiger partial charge < -0.3 is 9.73 Å². The minimum absolute atomic E-state index is 0.282. The van der Waals surface area contributed by atoms with Crippen LogP contribution in [0.5, 0.6) is 0 Å². The highest BCUT2D eigenvalue weighted by atomic mass is 32.1. The molecule has 3 aromatic heterocycles. The Bertz CT molecular complexity index is 717. The van der Waals surface area contributed by atoms with Crippen LogP contribution in [-0.4, -0.2) is 15.9 Å². The van der Waals surface area contributed by atoms with Gasteiger partial charge in [0.15, 0.2) is 10.8 Å². The molecule has 100 valence electrons. The predicted octanol–water partition coefficient (Wildman–Crippen LogP) is 3.36. The second-order valence-electron chi connectivity index (χ2n) is 4.19. The van der Waals surface area contributed by atoms with Crippen LogP contribution in [0.25, 0.3) is 10.8 Å². The smallest absolute Gasteiger partial charge is 0.276 e. The molecule has 0 radical (unpaired) electrons. The Morgan fingerprint density at radius 1 is 1.35 bits per heavy atom. The number of aryl methyl sites for hydroxylation is 1. The van der Waals surface area contributed by atoms with Crippen LogP contribution < -0.4 is 5.32 Å². The number of nitrogens with zero attached hydrogens (tertiary/aromatic N) is 2. The summed E-state index contributed by atoms with van der Waals surface area (Å²) in [6, 6.07) is 7.24. The molecule has 0 aliphatic rings. The number of nitrogens with one attached hydrogen (secondary N) is 1. The molecule has 5 nitrogen and oxygen atoms in total. The van der Waals surface area contributed by atoms with Gasteiger partial charge in [-0.2, -0.15) is 0 Å². The Morgan fingerprint density at radius 3 is 2.95 bits per heavy atom. The Kier molecular flexibility index (Phi) is 3.30. The summed E-state index contributed by atoms with van der Waals surface area (Å²) in [4.78, 5) is 20.4. The van der Waals surface area contributed by atoms with Crippen LogP contribution in [0.3, 0.4) is 0 Å². The maximum Gasteiger partial charge on any atom is 0.276 e. The first kappa shape index (κ1) is 12.6. The van der Waals surface area contributed by atoms with E-state index in [9.17, 15) is 4.79 Å². The third-order valence-corrected chi connectivity index (χ3v) is 3.48. The molecule has 0 spiro atoms. The lowest BCUT2D eigenvalue weighted by molar-refractivity contribution is 0.102. The summed E-state index contributed by atoms with van der Waals surface area (Å²) in [7, 11) is 0. The highest BCUT2D eigenvalue weighted by Crippen LogP contribution is 2.24. The number of carbonyl (C=O) groups excluding carboxylic acids is 1. The zero-order valence-electron chi connectivity index (χ0n) is 10.7. The van der Waals surface area contributed by atoms with Crippen molar-refractivity contribution in [2.24, 2.45) is 0 Å². The van der Waals surface area contributed by atoms with Crippen LogP contribution in [0.15, 0.2) is 46.5 Å². The molecule has 0 aliphatic carbocycles. The quantitative estimate of drug-likeness (QED) is 0.801. The van der Waals surface area contributed by atoms with E-state index in [1.807, 2.05) is 19.1 Å². The van der Waals surface area contributed by atoms with Crippen LogP contribution in [0, 0.1) is 6.92 Å². The summed E-state index contributed by atoms with van der Waals surface area (Å²) in [5.74, 6) is 0.881. The Morgan fingerprint density at radius 2 is 2.25 bits per heavy atom. The van der Waals surface area contributed by atoms with E-state index < -0.39 is 0 Å². The number of furan rings is 1. The van der Waals surface area contributed by atoms with Gasteiger partial charge in [0.2, 0.25) is 0 Å². The second kappa shape index (κ2) is 5.26. The Balaban J connectivity index is 1.76. The van der Waals surface area contributed by atoms with Crippen molar-refractivity contribution in [1.29, 1.82) is 0 Å². The van der Waals surface area contributed by atoms with Gasteiger partial charge in [-0.25, -0.2) is 9.97 Å². The lowest BCUT2D eigenvalue weighted by atomic mass is 10.3. The van der Waals surface area contributed by atoms with E-state index in [0.29, 0.717) is 22.3 Å². The van der Waals surface area contributed by atoms with Crippen molar-refractivity contribution in [3.8, 4) is 10.8 Å². The number of rotatable bonds is 3. The minimum atomic E-state index is -0.282. The maximum absolute atomic E-state index is 12.0. The van der Waals surface area contributed by atoms with Crippen LogP contribution in [0.4, 0.5) is 5.82 Å². The SMILES string of the molecule is Cc1ccc(NC(=O)c2csc(-c3ccco3)n2)nc1. The number of hydrogen-bond donors (Lipinski definition) is 1. The lowest BCUT2D eigenvalue weighted by Gasteiger charge is -2.01. The van der Waals surface area contributed by atoms with Gasteiger partial charge >= 0.3 is 0 Å². The molecule has 3 rings (SSSR count). The summed E-state index contributed by atoms with van der Waals surface area (Å²) >= 11 is 1.36. The average molecular weight is 285 g/mol. The fourth-order valence-electron chi connectivity index (χ4n) is 1.61. The summed E-state index contributed by atoms with van der Waals surface area (Å²) < 4.78 is 5.25. The molecule has 6 heteroatoms. The van der Waals surface area contributed by atoms with Crippen molar-refractivity contribution < 1.29 is 9.21 Å². The maximum atomic E-state index is 12.0. The Labute approximate surface area is 119 Å². The average Bonchev–Trinajstić information content (AvgIpc) is 3.11. The van der Waals surface area contributed by atoms with Gasteiger partial charge in [0.25, 0.3) is 5.91 Å². The highest BCUT2D eigenvalue weighted by Gasteiger charge is 2.13. The number of thiazole rings is 1. The Hall–Kier alpha value is -2.47. The zero-order chi connectivity index (χ0) is 13.9. The molecule has 1 amide bonds. The summed E-state index contributed by atoms with van der Waals surface area (Å²) in [6.07, 6.45) is 3.28. The van der Waals surface area contributed by atoms with Gasteiger partial charge in [-0.05, 0) is 30.7 Å². The van der Waals surface area contributed by atoms with Crippen LogP contribution >= 0.6 is 11.3 Å². The molecule has 0 atom stereocenters. The standard InChI is InChI=1S/C14H11N3O2S/c1-9-4-5-12(15-7-9)17-13(18)10-8-20-14(16-10)11-3-2-6-19-11/h2-8H,1H3,(H,15,17,18). The number of hydrogen-bond acceptors (Lipinski definition) is 5. The summed E-state index contributed by atoms with van der Waals surface area (Å²) in [5.41, 5.74) is 1.39. The van der Waals surface area contributed by atoms with Gasteiger partial charge in [0.1, 0.15) is 11.5 Å². The van der Waals surface area contributed by atoms with Crippen LogP contribution in [0.1, 0.15) is 16.1 Å². The number of pyridine rings is 1. The summed E-state index contributed by atoms with van der Waals surface area (Å²) in [5, 5.41) is 5.08. The van der Waals surface area contributed by atoms with Gasteiger partial charge in [-0.1, -0.05) is 6.07 Å². The first-order valence-corrected chi connectivity index (χ1v) is 6.84. The fraction of sp³-hybridized carbons (Fsp3) is 0.0714. The van der Waals surface area contributed by atoms with E-state index in [2.05, 4.69) is 15.3 Å². The lowest BCUT2D eigenvalue weighted by Crippen LogP contribution is -2.13. The predicted molar refractivity (Wildman–Crippen MR) is 76.7 cm³/mol. The molecule has 3 aromatic rings. The molecule has 0 unspecified atom stereocenters. The van der Waals surface area contributed by atoms with Crippen molar-refractivity contribution >= 4 is 23.1 Å². The van der Waals surface area contributed by atoms with E-state index in [-0.39, 0.29) is 5.91 Å². The molecule has 3 heterocycles. The minimum Gasteiger partial charge on any atom is -0.462 e. The second-order valence-corrected chi connectivity index (χ2v) is 5.05. The number of amides is 1. The van der Waals surface area contributed by atoms with Crippen molar-refractivity contribution in [2.45, 2.75) is 6.92 Å². The monoisotopic (exact) mass is 285 g/mol. The molecular weight excluding hydrogens is 274 g/mol. The third kappa shape index (κ3) is 2.60. The van der Waals surface area contributed by atoms with E-state index in [4.69, 9.17) is 4.42 Å². The van der Waals surface area contributed by atoms with Gasteiger partial charge in [0, 0.05) is 11.6 Å². The molecule has 0 saturated carbocycles. The van der Waals surface area contributed by atoms with Crippen molar-refractivity contribution in [3.05, 3.63) is 53.4 Å². The van der Waals surface area contributed by atoms with Crippen LogP contribution in [0.2, 0.25) is 0 Å². The van der Waals surface area contributed by atoms with Gasteiger partial charge in [-0.15, -0.1) is 11.3 Å². The van der Waals surface area contributed by atoms with Crippen molar-refractivity contribution in [2.75, 3.05) is 5.32 Å². The number of anilines is 1. The topological polar surface area (TPSA) is 68.0 Å². The number of aromatic nitrogens is 2. The van der Waals surface area contributed by atoms with Gasteiger partial charge in [-0.3, -0.25) is 4.79 Å². The van der Waals surface area contributed by atoms with Crippen molar-refractivity contribution in [3.63, 3.8) is 0 Å². The van der Waals surface area contributed by atoms with E-state index in [1.165, 1.54) is 11.3 Å². The molecule has 0 fully saturated rings. The molecule has 0 aliphatic heterocycles. The summed E-state index contributed by atoms with van der Waals surface area (Å²) in [6.45, 7) is 1.94. The molecular formula is C14H11N3O2S. The number of carbonyl (C=O) groups is 1. The van der Waals surface area contributed by atoms with Crippen LogP contribution in [-0.2, 0) is 0 Å². The fourth-order valence-corrected chi connectivity index (χ4v) is 2.38. The highest BCUT2D eigenvalue weighted by molar-refractivity contribution is 7.13. The molecule has 1 N–H and O–H groups in total. The molecule has 0 bridgehead atoms. The molecule has 0 saturated heterocycles. The zero-order valence-corrected chi connectivity index (χ0v) is 11.5. The molecule has 20 heavy (non-hydrogen) atoms. The van der Waals surface area contributed by atoms with E-state index in [0.717, 1.165) is 5.56 Å². The van der Waals surface area contributed by atoms with E-state index in [1.54, 1.807) is 30.0 Å². The van der Waals surface area contributed by atoms with Gasteiger partial charge in [0.05, 0.1) is 6.26 Å². The first-order valence-electron chi connectivity index (χ1n) is 5.96. The van der Waals surface area contributed by atoms with E-state index >= 15 is 0 Å². The normalized spacial score (nSPS) is 10.4. The van der Waals surface area contributed by atoms with Crippen molar-refractivity contribution in [1.82, 2.24) is 9.97 Å². The third-order valence-electron chi connectivity index (χ3n) is 2.62. The molecule has 0 aromatic carbocycles. The largest absolute Gasteiger partial charge is 0.462 e.